The zero-order valence-corrected chi connectivity index (χ0v) is 12.8. The van der Waals surface area contributed by atoms with Gasteiger partial charge >= 0.3 is 0 Å². The second-order valence-electron chi connectivity index (χ2n) is 7.46. The zero-order valence-electron chi connectivity index (χ0n) is 12.8. The van der Waals surface area contributed by atoms with Crippen molar-refractivity contribution < 1.29 is 0 Å². The van der Waals surface area contributed by atoms with Gasteiger partial charge in [-0.05, 0) is 40.5 Å². The summed E-state index contributed by atoms with van der Waals surface area (Å²) in [5.74, 6) is 0. The van der Waals surface area contributed by atoms with Crippen LogP contribution < -0.4 is 0 Å². The van der Waals surface area contributed by atoms with Gasteiger partial charge in [-0.2, -0.15) is 0 Å². The van der Waals surface area contributed by atoms with Crippen LogP contribution in [0.1, 0.15) is 70.7 Å². The standard InChI is InChI=1S/C17H25N/c1-11-13-9-15(17(5,6)7)14(16(2,3)4)8-12(13)10-18-11/h8-9H,10H2,1-7H3. The maximum Gasteiger partial charge on any atom is 0.0649 e. The number of fused-ring (bicyclic) bond motifs is 1. The maximum atomic E-state index is 4.57. The van der Waals surface area contributed by atoms with Gasteiger partial charge in [-0.3, -0.25) is 4.99 Å². The topological polar surface area (TPSA) is 12.4 Å². The van der Waals surface area contributed by atoms with E-state index in [0.29, 0.717) is 0 Å². The van der Waals surface area contributed by atoms with Crippen LogP contribution in [0.5, 0.6) is 0 Å². The lowest BCUT2D eigenvalue weighted by Crippen LogP contribution is -2.23. The molecule has 98 valence electrons. The van der Waals surface area contributed by atoms with E-state index < -0.39 is 0 Å². The van der Waals surface area contributed by atoms with Gasteiger partial charge in [0.15, 0.2) is 0 Å². The van der Waals surface area contributed by atoms with E-state index in [4.69, 9.17) is 0 Å². The van der Waals surface area contributed by atoms with E-state index in [-0.39, 0.29) is 10.8 Å². The highest BCUT2D eigenvalue weighted by molar-refractivity contribution is 6.02. The normalized spacial score (nSPS) is 15.6. The number of rotatable bonds is 0. The van der Waals surface area contributed by atoms with E-state index in [2.05, 4.69) is 65.6 Å². The molecule has 0 saturated carbocycles. The Hall–Kier alpha value is -1.11. The minimum absolute atomic E-state index is 0.181. The molecule has 1 aliphatic rings. The predicted molar refractivity (Wildman–Crippen MR) is 79.8 cm³/mol. The lowest BCUT2D eigenvalue weighted by atomic mass is 9.73. The van der Waals surface area contributed by atoms with Crippen molar-refractivity contribution in [2.75, 3.05) is 0 Å². The minimum Gasteiger partial charge on any atom is -0.285 e. The molecule has 0 aromatic heterocycles. The third kappa shape index (κ3) is 2.23. The molecule has 1 aliphatic heterocycles. The van der Waals surface area contributed by atoms with Crippen LogP contribution >= 0.6 is 0 Å². The summed E-state index contributed by atoms with van der Waals surface area (Å²) in [5, 5.41) is 0. The predicted octanol–water partition coefficient (Wildman–Crippen LogP) is 4.60. The van der Waals surface area contributed by atoms with Gasteiger partial charge in [-0.15, -0.1) is 0 Å². The van der Waals surface area contributed by atoms with Gasteiger partial charge in [-0.1, -0.05) is 47.6 Å². The van der Waals surface area contributed by atoms with Gasteiger partial charge in [0.05, 0.1) is 6.54 Å². The highest BCUT2D eigenvalue weighted by Gasteiger charge is 2.28. The van der Waals surface area contributed by atoms with Crippen LogP contribution in [0.3, 0.4) is 0 Å². The molecule has 2 rings (SSSR count). The van der Waals surface area contributed by atoms with E-state index in [9.17, 15) is 0 Å². The fourth-order valence-corrected chi connectivity index (χ4v) is 2.64. The Kier molecular flexibility index (Phi) is 2.92. The Bertz CT molecular complexity index is 508. The van der Waals surface area contributed by atoms with Crippen molar-refractivity contribution >= 4 is 5.71 Å². The van der Waals surface area contributed by atoms with E-state index in [1.54, 1.807) is 0 Å². The summed E-state index contributed by atoms with van der Waals surface area (Å²) in [4.78, 5) is 4.57. The smallest absolute Gasteiger partial charge is 0.0649 e. The third-order valence-corrected chi connectivity index (χ3v) is 3.74. The lowest BCUT2D eigenvalue weighted by Gasteiger charge is -2.31. The first-order valence-electron chi connectivity index (χ1n) is 6.80. The Labute approximate surface area is 111 Å². The molecule has 1 aromatic carbocycles. The Morgan fingerprint density at radius 2 is 1.39 bits per heavy atom. The number of hydrogen-bond donors (Lipinski definition) is 0. The molecule has 0 unspecified atom stereocenters. The molecule has 1 aromatic rings. The van der Waals surface area contributed by atoms with Crippen LogP contribution in [0.4, 0.5) is 0 Å². The summed E-state index contributed by atoms with van der Waals surface area (Å²) in [5.41, 5.74) is 7.24. The van der Waals surface area contributed by atoms with Gasteiger partial charge in [0.1, 0.15) is 0 Å². The molecule has 0 spiro atoms. The number of benzene rings is 1. The minimum atomic E-state index is 0.181. The van der Waals surface area contributed by atoms with Gasteiger partial charge in [0.25, 0.3) is 0 Å². The van der Waals surface area contributed by atoms with Crippen LogP contribution in [0.25, 0.3) is 0 Å². The average Bonchev–Trinajstić information content (AvgIpc) is 2.56. The number of hydrogen-bond acceptors (Lipinski definition) is 1. The zero-order chi connectivity index (χ0) is 13.7. The van der Waals surface area contributed by atoms with Crippen molar-refractivity contribution in [1.29, 1.82) is 0 Å². The highest BCUT2D eigenvalue weighted by atomic mass is 14.8. The van der Waals surface area contributed by atoms with Crippen molar-refractivity contribution in [1.82, 2.24) is 0 Å². The van der Waals surface area contributed by atoms with E-state index in [0.717, 1.165) is 6.54 Å². The molecule has 0 radical (unpaired) electrons. The highest BCUT2D eigenvalue weighted by Crippen LogP contribution is 2.37. The van der Waals surface area contributed by atoms with Gasteiger partial charge < -0.3 is 0 Å². The molecule has 0 N–H and O–H groups in total. The molecule has 0 bridgehead atoms. The Balaban J connectivity index is 2.69. The van der Waals surface area contributed by atoms with Crippen LogP contribution in [0.2, 0.25) is 0 Å². The Morgan fingerprint density at radius 1 is 0.889 bits per heavy atom. The largest absolute Gasteiger partial charge is 0.285 e. The van der Waals surface area contributed by atoms with E-state index in [1.165, 1.54) is 28.0 Å². The van der Waals surface area contributed by atoms with Crippen LogP contribution in [-0.2, 0) is 17.4 Å². The maximum absolute atomic E-state index is 4.57. The van der Waals surface area contributed by atoms with Gasteiger partial charge in [0, 0.05) is 11.3 Å². The molecule has 1 nitrogen and oxygen atoms in total. The first-order chi connectivity index (χ1) is 8.10. The SMILES string of the molecule is CC1=NCc2cc(C(C)(C)C)c(C(C)(C)C)cc21. The van der Waals surface area contributed by atoms with Crippen molar-refractivity contribution in [3.8, 4) is 0 Å². The van der Waals surface area contributed by atoms with E-state index >= 15 is 0 Å². The van der Waals surface area contributed by atoms with Crippen molar-refractivity contribution in [3.63, 3.8) is 0 Å². The summed E-state index contributed by atoms with van der Waals surface area (Å²) >= 11 is 0. The monoisotopic (exact) mass is 243 g/mol. The molecule has 0 aliphatic carbocycles. The average molecular weight is 243 g/mol. The summed E-state index contributed by atoms with van der Waals surface area (Å²) in [6.45, 7) is 16.8. The van der Waals surface area contributed by atoms with Crippen molar-refractivity contribution in [2.45, 2.75) is 65.8 Å². The first kappa shape index (κ1) is 13.3. The molecule has 18 heavy (non-hydrogen) atoms. The molecular weight excluding hydrogens is 218 g/mol. The molecule has 1 heterocycles. The van der Waals surface area contributed by atoms with Gasteiger partial charge in [-0.25, -0.2) is 0 Å². The number of aliphatic imine (C=N–C) groups is 1. The van der Waals surface area contributed by atoms with E-state index in [1.807, 2.05) is 0 Å². The number of nitrogens with zero attached hydrogens (tertiary/aromatic N) is 1. The quantitative estimate of drug-likeness (QED) is 0.631. The van der Waals surface area contributed by atoms with Crippen molar-refractivity contribution in [2.24, 2.45) is 4.99 Å². The first-order valence-corrected chi connectivity index (χ1v) is 6.80. The summed E-state index contributed by atoms with van der Waals surface area (Å²) in [7, 11) is 0. The molecular formula is C17H25N. The fourth-order valence-electron chi connectivity index (χ4n) is 2.64. The molecule has 0 amide bonds. The summed E-state index contributed by atoms with van der Waals surface area (Å²) in [6.07, 6.45) is 0. The molecule has 1 heteroatoms. The molecule has 0 atom stereocenters. The Morgan fingerprint density at radius 3 is 1.89 bits per heavy atom. The third-order valence-electron chi connectivity index (χ3n) is 3.74. The summed E-state index contributed by atoms with van der Waals surface area (Å²) in [6, 6.07) is 4.76. The second kappa shape index (κ2) is 3.94. The molecule has 0 saturated heterocycles. The van der Waals surface area contributed by atoms with Crippen LogP contribution in [0, 0.1) is 0 Å². The van der Waals surface area contributed by atoms with Crippen LogP contribution in [-0.4, -0.2) is 5.71 Å². The second-order valence-corrected chi connectivity index (χ2v) is 7.46. The molecule has 0 fully saturated rings. The lowest BCUT2D eigenvalue weighted by molar-refractivity contribution is 0.529. The fraction of sp³-hybridized carbons (Fsp3) is 0.588. The van der Waals surface area contributed by atoms with Gasteiger partial charge in [0.2, 0.25) is 0 Å². The summed E-state index contributed by atoms with van der Waals surface area (Å²) < 4.78 is 0. The van der Waals surface area contributed by atoms with Crippen molar-refractivity contribution in [3.05, 3.63) is 34.4 Å². The van der Waals surface area contributed by atoms with Crippen LogP contribution in [0.15, 0.2) is 17.1 Å².